The summed E-state index contributed by atoms with van der Waals surface area (Å²) in [7, 11) is 1.47. The van der Waals surface area contributed by atoms with Gasteiger partial charge in [-0.25, -0.2) is 4.98 Å². The van der Waals surface area contributed by atoms with E-state index in [0.717, 1.165) is 10.9 Å². The van der Waals surface area contributed by atoms with Gasteiger partial charge in [0.25, 0.3) is 0 Å². The van der Waals surface area contributed by atoms with Crippen LogP contribution in [0.4, 0.5) is 13.2 Å². The Hall–Kier alpha value is -2.76. The van der Waals surface area contributed by atoms with E-state index in [1.165, 1.54) is 17.6 Å². The number of rotatable bonds is 1. The van der Waals surface area contributed by atoms with Crippen LogP contribution in [0.15, 0.2) is 42.5 Å². The number of alkyl halides is 3. The Kier molecular flexibility index (Phi) is 3.00. The Bertz CT molecular complexity index is 1100. The third-order valence-corrected chi connectivity index (χ3v) is 4.28. The van der Waals surface area contributed by atoms with Crippen molar-refractivity contribution in [2.45, 2.75) is 13.1 Å². The van der Waals surface area contributed by atoms with Crippen molar-refractivity contribution in [2.75, 3.05) is 7.11 Å². The van der Waals surface area contributed by atoms with Gasteiger partial charge in [0, 0.05) is 16.8 Å². The number of fused-ring (bicyclic) bond motifs is 5. The third kappa shape index (κ3) is 1.95. The van der Waals surface area contributed by atoms with Gasteiger partial charge in [0.05, 0.1) is 23.7 Å². The predicted octanol–water partition coefficient (Wildman–Crippen LogP) is 4.98. The number of aromatic nitrogens is 2. The fourth-order valence-electron chi connectivity index (χ4n) is 3.23. The maximum atomic E-state index is 13.7. The zero-order valence-corrected chi connectivity index (χ0v) is 13.0. The standard InChI is InChI=1S/C18H13F3N2O/c1-10-12-5-3-4-6-15(12)23-16(10)13-8-7-11(24-2)9-14(13)22-17(23)18(19,20)21/h3-9H,1-2H3. The molecule has 0 bridgehead atoms. The van der Waals surface area contributed by atoms with Gasteiger partial charge in [-0.05, 0) is 30.7 Å². The van der Waals surface area contributed by atoms with Crippen LogP contribution in [-0.4, -0.2) is 16.5 Å². The van der Waals surface area contributed by atoms with Crippen LogP contribution >= 0.6 is 0 Å². The van der Waals surface area contributed by atoms with Gasteiger partial charge in [-0.3, -0.25) is 4.40 Å². The lowest BCUT2D eigenvalue weighted by atomic mass is 10.1. The first-order chi connectivity index (χ1) is 11.4. The minimum Gasteiger partial charge on any atom is -0.497 e. The second kappa shape index (κ2) is 4.87. The van der Waals surface area contributed by atoms with Crippen molar-refractivity contribution in [3.63, 3.8) is 0 Å². The Morgan fingerprint density at radius 2 is 1.79 bits per heavy atom. The number of hydrogen-bond donors (Lipinski definition) is 0. The Morgan fingerprint density at radius 1 is 1.04 bits per heavy atom. The van der Waals surface area contributed by atoms with Gasteiger partial charge >= 0.3 is 6.18 Å². The van der Waals surface area contributed by atoms with Gasteiger partial charge in [0.15, 0.2) is 0 Å². The van der Waals surface area contributed by atoms with Gasteiger partial charge in [-0.15, -0.1) is 0 Å². The Labute approximate surface area is 135 Å². The monoisotopic (exact) mass is 330 g/mol. The number of ether oxygens (including phenoxy) is 1. The molecule has 4 aromatic rings. The van der Waals surface area contributed by atoms with Crippen molar-refractivity contribution in [3.8, 4) is 5.75 Å². The maximum Gasteiger partial charge on any atom is 0.450 e. The highest BCUT2D eigenvalue weighted by Gasteiger charge is 2.37. The summed E-state index contributed by atoms with van der Waals surface area (Å²) in [5, 5.41) is 1.45. The first-order valence-electron chi connectivity index (χ1n) is 7.36. The van der Waals surface area contributed by atoms with Crippen molar-refractivity contribution in [1.82, 2.24) is 9.38 Å². The quantitative estimate of drug-likeness (QED) is 0.492. The van der Waals surface area contributed by atoms with E-state index in [2.05, 4.69) is 4.98 Å². The number of para-hydroxylation sites is 1. The van der Waals surface area contributed by atoms with Crippen molar-refractivity contribution >= 4 is 27.3 Å². The SMILES string of the molecule is COc1ccc2c(c1)nc(C(F)(F)F)n1c3ccccc3c(C)c21. The maximum absolute atomic E-state index is 13.7. The van der Waals surface area contributed by atoms with E-state index in [1.54, 1.807) is 24.3 Å². The zero-order chi connectivity index (χ0) is 17.1. The van der Waals surface area contributed by atoms with E-state index in [-0.39, 0.29) is 5.52 Å². The number of aryl methyl sites for hydroxylation is 1. The van der Waals surface area contributed by atoms with Crippen LogP contribution in [0.3, 0.4) is 0 Å². The molecule has 0 fully saturated rings. The molecule has 122 valence electrons. The average Bonchev–Trinajstić information content (AvgIpc) is 2.86. The highest BCUT2D eigenvalue weighted by Crippen LogP contribution is 2.37. The minimum atomic E-state index is -4.57. The van der Waals surface area contributed by atoms with Crippen molar-refractivity contribution in [3.05, 3.63) is 53.9 Å². The van der Waals surface area contributed by atoms with Crippen LogP contribution in [-0.2, 0) is 6.18 Å². The fraction of sp³-hybridized carbons (Fsp3) is 0.167. The van der Waals surface area contributed by atoms with Crippen LogP contribution in [0.5, 0.6) is 5.75 Å². The van der Waals surface area contributed by atoms with E-state index < -0.39 is 12.0 Å². The first kappa shape index (κ1) is 14.8. The molecular weight excluding hydrogens is 317 g/mol. The van der Waals surface area contributed by atoms with Crippen LogP contribution in [0.1, 0.15) is 11.4 Å². The lowest BCUT2D eigenvalue weighted by Crippen LogP contribution is -2.14. The summed E-state index contributed by atoms with van der Waals surface area (Å²) in [5.41, 5.74) is 2.09. The molecule has 0 N–H and O–H groups in total. The number of halogens is 3. The van der Waals surface area contributed by atoms with E-state index in [1.807, 2.05) is 19.1 Å². The highest BCUT2D eigenvalue weighted by molar-refractivity contribution is 6.04. The molecule has 4 rings (SSSR count). The summed E-state index contributed by atoms with van der Waals surface area (Å²) < 4.78 is 47.3. The van der Waals surface area contributed by atoms with E-state index in [0.29, 0.717) is 22.2 Å². The molecule has 0 radical (unpaired) electrons. The molecule has 0 aliphatic carbocycles. The number of hydrogen-bond acceptors (Lipinski definition) is 2. The second-order valence-electron chi connectivity index (χ2n) is 5.64. The molecule has 24 heavy (non-hydrogen) atoms. The van der Waals surface area contributed by atoms with Gasteiger partial charge in [0.1, 0.15) is 5.75 Å². The summed E-state index contributed by atoms with van der Waals surface area (Å²) >= 11 is 0. The van der Waals surface area contributed by atoms with Crippen molar-refractivity contribution in [1.29, 1.82) is 0 Å². The average molecular weight is 330 g/mol. The lowest BCUT2D eigenvalue weighted by Gasteiger charge is -2.13. The molecule has 0 saturated carbocycles. The Balaban J connectivity index is 2.31. The predicted molar refractivity (Wildman–Crippen MR) is 86.5 cm³/mol. The molecule has 2 aromatic carbocycles. The Morgan fingerprint density at radius 3 is 2.50 bits per heavy atom. The molecule has 0 saturated heterocycles. The molecule has 2 aromatic heterocycles. The van der Waals surface area contributed by atoms with Crippen LogP contribution in [0, 0.1) is 6.92 Å². The summed E-state index contributed by atoms with van der Waals surface area (Å²) in [6.45, 7) is 1.83. The molecule has 0 amide bonds. The molecule has 0 spiro atoms. The first-order valence-corrected chi connectivity index (χ1v) is 7.36. The van der Waals surface area contributed by atoms with E-state index in [9.17, 15) is 13.2 Å². The van der Waals surface area contributed by atoms with E-state index >= 15 is 0 Å². The zero-order valence-electron chi connectivity index (χ0n) is 13.0. The summed E-state index contributed by atoms with van der Waals surface area (Å²) in [5.74, 6) is -0.455. The normalized spacial score (nSPS) is 12.4. The lowest BCUT2D eigenvalue weighted by molar-refractivity contribution is -0.145. The van der Waals surface area contributed by atoms with E-state index in [4.69, 9.17) is 4.74 Å². The molecule has 0 aliphatic heterocycles. The number of benzene rings is 2. The smallest absolute Gasteiger partial charge is 0.450 e. The van der Waals surface area contributed by atoms with Gasteiger partial charge < -0.3 is 4.74 Å². The largest absolute Gasteiger partial charge is 0.497 e. The molecule has 0 aliphatic rings. The van der Waals surface area contributed by atoms with Crippen LogP contribution < -0.4 is 4.74 Å². The van der Waals surface area contributed by atoms with Crippen molar-refractivity contribution < 1.29 is 17.9 Å². The van der Waals surface area contributed by atoms with Gasteiger partial charge in [-0.2, -0.15) is 13.2 Å². The molecule has 0 unspecified atom stereocenters. The molecule has 3 nitrogen and oxygen atoms in total. The number of nitrogens with zero attached hydrogens (tertiary/aromatic N) is 2. The topological polar surface area (TPSA) is 26.5 Å². The summed E-state index contributed by atoms with van der Waals surface area (Å²) in [4.78, 5) is 3.90. The summed E-state index contributed by atoms with van der Waals surface area (Å²) in [6.07, 6.45) is -4.57. The minimum absolute atomic E-state index is 0.264. The van der Waals surface area contributed by atoms with Crippen LogP contribution in [0.25, 0.3) is 27.3 Å². The number of methoxy groups -OCH3 is 1. The fourth-order valence-corrected chi connectivity index (χ4v) is 3.23. The molecular formula is C18H13F3N2O. The molecule has 0 atom stereocenters. The third-order valence-electron chi connectivity index (χ3n) is 4.28. The highest BCUT2D eigenvalue weighted by atomic mass is 19.4. The van der Waals surface area contributed by atoms with Crippen LogP contribution in [0.2, 0.25) is 0 Å². The summed E-state index contributed by atoms with van der Waals surface area (Å²) in [6, 6.07) is 12.1. The van der Waals surface area contributed by atoms with Gasteiger partial charge in [-0.1, -0.05) is 18.2 Å². The van der Waals surface area contributed by atoms with Gasteiger partial charge in [0.2, 0.25) is 5.82 Å². The molecule has 6 heteroatoms. The molecule has 2 heterocycles. The van der Waals surface area contributed by atoms with Crippen molar-refractivity contribution in [2.24, 2.45) is 0 Å². The second-order valence-corrected chi connectivity index (χ2v) is 5.64.